The van der Waals surface area contributed by atoms with Gasteiger partial charge < -0.3 is 10.4 Å². The summed E-state index contributed by atoms with van der Waals surface area (Å²) in [7, 11) is -3.47. The van der Waals surface area contributed by atoms with Crippen LogP contribution in [0.3, 0.4) is 0 Å². The van der Waals surface area contributed by atoms with E-state index < -0.39 is 27.4 Å². The first-order valence-electron chi connectivity index (χ1n) is 7.77. The number of carboxylic acid groups (broad SMARTS) is 1. The summed E-state index contributed by atoms with van der Waals surface area (Å²) in [4.78, 5) is 24.1. The van der Waals surface area contributed by atoms with Crippen LogP contribution >= 0.6 is 0 Å². The van der Waals surface area contributed by atoms with Gasteiger partial charge in [0.05, 0.1) is 11.9 Å². The van der Waals surface area contributed by atoms with Crippen LogP contribution in [0, 0.1) is 6.92 Å². The number of rotatable bonds is 5. The van der Waals surface area contributed by atoms with Gasteiger partial charge in [-0.25, -0.2) is 13.2 Å². The van der Waals surface area contributed by atoms with Crippen molar-refractivity contribution >= 4 is 27.6 Å². The number of aryl methyl sites for hydroxylation is 1. The molecular formula is C16H22N2O5S. The first-order chi connectivity index (χ1) is 11.1. The first kappa shape index (κ1) is 18.3. The molecule has 1 aliphatic rings. The molecule has 0 unspecified atom stereocenters. The van der Waals surface area contributed by atoms with Crippen molar-refractivity contribution in [1.82, 2.24) is 5.32 Å². The monoisotopic (exact) mass is 354 g/mol. The fourth-order valence-electron chi connectivity index (χ4n) is 2.91. The third kappa shape index (κ3) is 4.25. The number of benzene rings is 1. The maximum Gasteiger partial charge on any atom is 0.329 e. The molecule has 0 saturated heterocycles. The number of aliphatic carboxylic acids is 1. The van der Waals surface area contributed by atoms with Gasteiger partial charge in [-0.05, 0) is 37.5 Å². The zero-order chi connectivity index (χ0) is 18.0. The Kier molecular flexibility index (Phi) is 5.17. The van der Waals surface area contributed by atoms with E-state index >= 15 is 0 Å². The Morgan fingerprint density at radius 1 is 1.17 bits per heavy atom. The number of hydrogen-bond acceptors (Lipinski definition) is 4. The second-order valence-electron chi connectivity index (χ2n) is 6.31. The van der Waals surface area contributed by atoms with E-state index in [4.69, 9.17) is 0 Å². The molecule has 132 valence electrons. The van der Waals surface area contributed by atoms with Crippen molar-refractivity contribution in [2.75, 3.05) is 11.0 Å². The lowest BCUT2D eigenvalue weighted by Gasteiger charge is -2.34. The maximum absolute atomic E-state index is 12.5. The summed E-state index contributed by atoms with van der Waals surface area (Å²) in [6, 6.07) is 4.59. The Balaban J connectivity index is 2.26. The van der Waals surface area contributed by atoms with Crippen molar-refractivity contribution < 1.29 is 23.1 Å². The van der Waals surface area contributed by atoms with E-state index in [9.17, 15) is 23.1 Å². The second-order valence-corrected chi connectivity index (χ2v) is 8.05. The molecule has 2 rings (SSSR count). The molecule has 1 aliphatic carbocycles. The summed E-state index contributed by atoms with van der Waals surface area (Å²) >= 11 is 0. The Morgan fingerprint density at radius 3 is 2.33 bits per heavy atom. The van der Waals surface area contributed by atoms with Crippen molar-refractivity contribution in [1.29, 1.82) is 0 Å². The lowest BCUT2D eigenvalue weighted by Crippen LogP contribution is -2.55. The number of hydrogen-bond donors (Lipinski definition) is 3. The third-order valence-electron chi connectivity index (χ3n) is 4.26. The van der Waals surface area contributed by atoms with Crippen molar-refractivity contribution in [2.45, 2.75) is 44.6 Å². The molecule has 24 heavy (non-hydrogen) atoms. The molecule has 8 heteroatoms. The summed E-state index contributed by atoms with van der Waals surface area (Å²) in [6.07, 6.45) is 4.28. The zero-order valence-electron chi connectivity index (χ0n) is 13.8. The molecule has 1 fully saturated rings. The molecular weight excluding hydrogens is 332 g/mol. The van der Waals surface area contributed by atoms with E-state index in [0.29, 0.717) is 24.1 Å². The second kappa shape index (κ2) is 6.80. The minimum absolute atomic E-state index is 0.220. The lowest BCUT2D eigenvalue weighted by atomic mass is 9.81. The Labute approximate surface area is 141 Å². The van der Waals surface area contributed by atoms with E-state index in [-0.39, 0.29) is 5.56 Å². The van der Waals surface area contributed by atoms with Gasteiger partial charge in [-0.1, -0.05) is 25.3 Å². The van der Waals surface area contributed by atoms with Gasteiger partial charge in [0.15, 0.2) is 0 Å². The van der Waals surface area contributed by atoms with Gasteiger partial charge in [0, 0.05) is 5.56 Å². The van der Waals surface area contributed by atoms with Crippen molar-refractivity contribution in [2.24, 2.45) is 0 Å². The highest BCUT2D eigenvalue weighted by Crippen LogP contribution is 2.29. The van der Waals surface area contributed by atoms with E-state index in [1.807, 2.05) is 0 Å². The van der Waals surface area contributed by atoms with Crippen LogP contribution in [0.1, 0.15) is 48.0 Å². The third-order valence-corrected chi connectivity index (χ3v) is 4.86. The molecule has 0 spiro atoms. The summed E-state index contributed by atoms with van der Waals surface area (Å²) in [5.74, 6) is -1.55. The Bertz CT molecular complexity index is 752. The normalized spacial score (nSPS) is 17.1. The lowest BCUT2D eigenvalue weighted by molar-refractivity contribution is -0.145. The van der Waals surface area contributed by atoms with Crippen LogP contribution in [-0.4, -0.2) is 37.2 Å². The van der Waals surface area contributed by atoms with Crippen LogP contribution in [0.15, 0.2) is 18.2 Å². The molecule has 0 heterocycles. The number of carboxylic acids is 1. The molecule has 7 nitrogen and oxygen atoms in total. The number of carbonyl (C=O) groups is 2. The summed E-state index contributed by atoms with van der Waals surface area (Å²) in [5, 5.41) is 12.2. The van der Waals surface area contributed by atoms with Gasteiger partial charge >= 0.3 is 5.97 Å². The van der Waals surface area contributed by atoms with Gasteiger partial charge in [0.2, 0.25) is 10.0 Å². The van der Waals surface area contributed by atoms with E-state index in [0.717, 1.165) is 25.5 Å². The summed E-state index contributed by atoms with van der Waals surface area (Å²) < 4.78 is 25.2. The topological polar surface area (TPSA) is 113 Å². The molecule has 1 aromatic carbocycles. The highest BCUT2D eigenvalue weighted by Gasteiger charge is 2.41. The predicted molar refractivity (Wildman–Crippen MR) is 90.6 cm³/mol. The maximum atomic E-state index is 12.5. The molecule has 3 N–H and O–H groups in total. The molecule has 0 radical (unpaired) electrons. The number of sulfonamides is 1. The van der Waals surface area contributed by atoms with Gasteiger partial charge in [-0.3, -0.25) is 9.52 Å². The van der Waals surface area contributed by atoms with Crippen LogP contribution in [-0.2, 0) is 14.8 Å². The molecule has 0 aromatic heterocycles. The minimum atomic E-state index is -3.47. The van der Waals surface area contributed by atoms with Crippen LogP contribution < -0.4 is 10.0 Å². The summed E-state index contributed by atoms with van der Waals surface area (Å²) in [6.45, 7) is 1.72. The number of nitrogens with one attached hydrogen (secondary N) is 2. The standard InChI is InChI=1S/C16H22N2O5S/c1-11-6-7-12(10-13(11)18-24(2,22)23)14(19)17-16(15(20)21)8-4-3-5-9-16/h6-7,10,18H,3-5,8-9H2,1-2H3,(H,17,19)(H,20,21). The first-order valence-corrected chi connectivity index (χ1v) is 9.66. The smallest absolute Gasteiger partial charge is 0.329 e. The molecule has 0 aliphatic heterocycles. The number of anilines is 1. The number of amides is 1. The van der Waals surface area contributed by atoms with Gasteiger partial charge in [-0.15, -0.1) is 0 Å². The van der Waals surface area contributed by atoms with Crippen molar-refractivity contribution in [3.63, 3.8) is 0 Å². The Morgan fingerprint density at radius 2 is 1.79 bits per heavy atom. The van der Waals surface area contributed by atoms with E-state index in [2.05, 4.69) is 10.0 Å². The SMILES string of the molecule is Cc1ccc(C(=O)NC2(C(=O)O)CCCCC2)cc1NS(C)(=O)=O. The van der Waals surface area contributed by atoms with Crippen LogP contribution in [0.5, 0.6) is 0 Å². The minimum Gasteiger partial charge on any atom is -0.480 e. The highest BCUT2D eigenvalue weighted by molar-refractivity contribution is 7.92. The van der Waals surface area contributed by atoms with Crippen molar-refractivity contribution in [3.05, 3.63) is 29.3 Å². The van der Waals surface area contributed by atoms with Crippen molar-refractivity contribution in [3.8, 4) is 0 Å². The van der Waals surface area contributed by atoms with E-state index in [1.165, 1.54) is 6.07 Å². The predicted octanol–water partition coefficient (Wildman–Crippen LogP) is 1.88. The van der Waals surface area contributed by atoms with Crippen LogP contribution in [0.25, 0.3) is 0 Å². The average Bonchev–Trinajstić information content (AvgIpc) is 2.49. The Hall–Kier alpha value is -2.09. The fraction of sp³-hybridized carbons (Fsp3) is 0.500. The summed E-state index contributed by atoms with van der Waals surface area (Å²) in [5.41, 5.74) is -0.0521. The van der Waals surface area contributed by atoms with Gasteiger partial charge in [-0.2, -0.15) is 0 Å². The molecule has 1 aromatic rings. The van der Waals surface area contributed by atoms with Crippen LogP contribution in [0.4, 0.5) is 5.69 Å². The van der Waals surface area contributed by atoms with Gasteiger partial charge in [0.25, 0.3) is 5.91 Å². The average molecular weight is 354 g/mol. The van der Waals surface area contributed by atoms with Gasteiger partial charge in [0.1, 0.15) is 5.54 Å². The molecule has 0 atom stereocenters. The quantitative estimate of drug-likeness (QED) is 0.747. The molecule has 1 saturated carbocycles. The van der Waals surface area contributed by atoms with Crippen LogP contribution in [0.2, 0.25) is 0 Å². The van der Waals surface area contributed by atoms with E-state index in [1.54, 1.807) is 19.1 Å². The fourth-order valence-corrected chi connectivity index (χ4v) is 3.53. The zero-order valence-corrected chi connectivity index (χ0v) is 14.6. The number of carbonyl (C=O) groups excluding carboxylic acids is 1. The highest BCUT2D eigenvalue weighted by atomic mass is 32.2. The molecule has 1 amide bonds. The largest absolute Gasteiger partial charge is 0.480 e. The molecule has 0 bridgehead atoms.